The Morgan fingerprint density at radius 3 is 2.50 bits per heavy atom. The molecule has 0 bridgehead atoms. The first-order valence-electron chi connectivity index (χ1n) is 9.51. The van der Waals surface area contributed by atoms with Crippen molar-refractivity contribution in [3.8, 4) is 0 Å². The van der Waals surface area contributed by atoms with Crippen LogP contribution in [0.1, 0.15) is 59.3 Å². The summed E-state index contributed by atoms with van der Waals surface area (Å²) in [4.78, 5) is 23.0. The molecule has 3 rings (SSSR count). The Morgan fingerprint density at radius 1 is 1.12 bits per heavy atom. The summed E-state index contributed by atoms with van der Waals surface area (Å²) in [6, 6.07) is 0.213. The van der Waals surface area contributed by atoms with Crippen molar-refractivity contribution in [2.75, 3.05) is 0 Å². The topological polar surface area (TPSA) is 72.2 Å². The molecule has 2 amide bonds. The van der Waals surface area contributed by atoms with E-state index in [4.69, 9.17) is 5.73 Å². The fourth-order valence-corrected chi connectivity index (χ4v) is 6.80. The Morgan fingerprint density at radius 2 is 1.88 bits per heavy atom. The Balaban J connectivity index is 1.92. The van der Waals surface area contributed by atoms with Gasteiger partial charge in [-0.15, -0.1) is 0 Å². The molecule has 134 valence electrons. The summed E-state index contributed by atoms with van der Waals surface area (Å²) < 4.78 is 0. The molecule has 24 heavy (non-hydrogen) atoms. The zero-order valence-corrected chi connectivity index (χ0v) is 15.3. The molecule has 0 aliphatic heterocycles. The van der Waals surface area contributed by atoms with E-state index in [1.807, 2.05) is 0 Å². The summed E-state index contributed by atoms with van der Waals surface area (Å²) in [6.07, 6.45) is 11.8. The second kappa shape index (κ2) is 6.20. The molecular formula is C20H32N2O2. The SMILES string of the molecule is C/C=C\C1(C)C(NC=O)CCC2C1CCC1(C)C(C(N)=O)CCC21. The fraction of sp³-hybridized carbons (Fsp3) is 0.800. The first kappa shape index (κ1) is 17.5. The second-order valence-electron chi connectivity index (χ2n) is 8.73. The standard InChI is InChI=1S/C20H32N2O2/c1-4-10-20(3)15-9-11-19(2)14(6-7-16(19)18(21)24)13(15)5-8-17(20)22-12-23/h4,10,12-17H,5-9,11H2,1-3H3,(H2,21,24)(H,22,23)/b10-4-. The van der Waals surface area contributed by atoms with E-state index >= 15 is 0 Å². The highest BCUT2D eigenvalue weighted by atomic mass is 16.1. The summed E-state index contributed by atoms with van der Waals surface area (Å²) in [5.41, 5.74) is 5.80. The van der Waals surface area contributed by atoms with E-state index in [2.05, 4.69) is 38.2 Å². The van der Waals surface area contributed by atoms with Crippen molar-refractivity contribution in [1.29, 1.82) is 0 Å². The number of hydrogen-bond acceptors (Lipinski definition) is 2. The van der Waals surface area contributed by atoms with Gasteiger partial charge in [0.25, 0.3) is 0 Å². The monoisotopic (exact) mass is 332 g/mol. The summed E-state index contributed by atoms with van der Waals surface area (Å²) in [5, 5.41) is 3.08. The van der Waals surface area contributed by atoms with Gasteiger partial charge in [0.15, 0.2) is 0 Å². The van der Waals surface area contributed by atoms with Gasteiger partial charge >= 0.3 is 0 Å². The number of carbonyl (C=O) groups is 2. The number of allylic oxidation sites excluding steroid dienone is 1. The van der Waals surface area contributed by atoms with Crippen molar-refractivity contribution in [2.45, 2.75) is 65.3 Å². The number of nitrogens with two attached hydrogens (primary N) is 1. The molecule has 0 heterocycles. The molecule has 3 fully saturated rings. The third kappa shape index (κ3) is 2.41. The first-order chi connectivity index (χ1) is 11.4. The summed E-state index contributed by atoms with van der Waals surface area (Å²) in [6.45, 7) is 6.69. The largest absolute Gasteiger partial charge is 0.369 e. The number of primary amides is 1. The van der Waals surface area contributed by atoms with Crippen LogP contribution in [-0.2, 0) is 9.59 Å². The van der Waals surface area contributed by atoms with Crippen LogP contribution < -0.4 is 11.1 Å². The maximum Gasteiger partial charge on any atom is 0.221 e. The lowest BCUT2D eigenvalue weighted by molar-refractivity contribution is -0.130. The van der Waals surface area contributed by atoms with Crippen molar-refractivity contribution in [2.24, 2.45) is 40.2 Å². The number of nitrogens with one attached hydrogen (secondary N) is 1. The highest BCUT2D eigenvalue weighted by Crippen LogP contribution is 2.64. The summed E-state index contributed by atoms with van der Waals surface area (Å²) in [5.74, 6) is 1.74. The maximum absolute atomic E-state index is 12.0. The van der Waals surface area contributed by atoms with E-state index < -0.39 is 0 Å². The van der Waals surface area contributed by atoms with Crippen LogP contribution >= 0.6 is 0 Å². The lowest BCUT2D eigenvalue weighted by atomic mass is 9.48. The third-order valence-corrected chi connectivity index (χ3v) is 7.91. The molecular weight excluding hydrogens is 300 g/mol. The second-order valence-corrected chi connectivity index (χ2v) is 8.73. The van der Waals surface area contributed by atoms with Gasteiger partial charge in [0.2, 0.25) is 12.3 Å². The zero-order chi connectivity index (χ0) is 17.5. The minimum atomic E-state index is -0.106. The van der Waals surface area contributed by atoms with E-state index in [1.165, 1.54) is 0 Å². The van der Waals surface area contributed by atoms with Gasteiger partial charge in [0.1, 0.15) is 0 Å². The van der Waals surface area contributed by atoms with Crippen molar-refractivity contribution in [3.05, 3.63) is 12.2 Å². The molecule has 3 saturated carbocycles. The fourth-order valence-electron chi connectivity index (χ4n) is 6.80. The normalized spacial score (nSPS) is 47.9. The van der Waals surface area contributed by atoms with Crippen LogP contribution in [0.2, 0.25) is 0 Å². The Labute approximate surface area is 145 Å². The van der Waals surface area contributed by atoms with Gasteiger partial charge in [-0.05, 0) is 68.6 Å². The van der Waals surface area contributed by atoms with Crippen LogP contribution in [-0.4, -0.2) is 18.4 Å². The molecule has 4 nitrogen and oxygen atoms in total. The van der Waals surface area contributed by atoms with Crippen LogP contribution in [0.4, 0.5) is 0 Å². The molecule has 0 saturated heterocycles. The third-order valence-electron chi connectivity index (χ3n) is 7.91. The molecule has 0 spiro atoms. The van der Waals surface area contributed by atoms with Gasteiger partial charge in [0.05, 0.1) is 0 Å². The molecule has 4 heteroatoms. The van der Waals surface area contributed by atoms with Crippen LogP contribution in [0.3, 0.4) is 0 Å². The van der Waals surface area contributed by atoms with Crippen molar-refractivity contribution in [3.63, 3.8) is 0 Å². The van der Waals surface area contributed by atoms with Crippen molar-refractivity contribution in [1.82, 2.24) is 5.32 Å². The number of amides is 2. The lowest BCUT2D eigenvalue weighted by Gasteiger charge is -2.58. The smallest absolute Gasteiger partial charge is 0.221 e. The number of carbonyl (C=O) groups excluding carboxylic acids is 2. The average Bonchev–Trinajstić information content (AvgIpc) is 2.88. The number of fused-ring (bicyclic) bond motifs is 3. The van der Waals surface area contributed by atoms with Crippen molar-refractivity contribution < 1.29 is 9.59 Å². The van der Waals surface area contributed by atoms with E-state index in [9.17, 15) is 9.59 Å². The van der Waals surface area contributed by atoms with Gasteiger partial charge in [-0.25, -0.2) is 0 Å². The molecule has 7 unspecified atom stereocenters. The van der Waals surface area contributed by atoms with Gasteiger partial charge in [-0.2, -0.15) is 0 Å². The number of rotatable bonds is 4. The van der Waals surface area contributed by atoms with Crippen LogP contribution in [0, 0.1) is 34.5 Å². The Bertz CT molecular complexity index is 546. The molecule has 0 radical (unpaired) electrons. The summed E-state index contributed by atoms with van der Waals surface area (Å²) >= 11 is 0. The highest BCUT2D eigenvalue weighted by molar-refractivity contribution is 5.78. The van der Waals surface area contributed by atoms with E-state index in [0.717, 1.165) is 44.9 Å². The van der Waals surface area contributed by atoms with Crippen LogP contribution in [0.25, 0.3) is 0 Å². The average molecular weight is 332 g/mol. The minimum absolute atomic E-state index is 0.00468. The molecule has 7 atom stereocenters. The zero-order valence-electron chi connectivity index (χ0n) is 15.3. The minimum Gasteiger partial charge on any atom is -0.369 e. The van der Waals surface area contributed by atoms with Gasteiger partial charge in [-0.3, -0.25) is 9.59 Å². The van der Waals surface area contributed by atoms with Crippen LogP contribution in [0.5, 0.6) is 0 Å². The van der Waals surface area contributed by atoms with E-state index in [1.54, 1.807) is 0 Å². The predicted molar refractivity (Wildman–Crippen MR) is 94.9 cm³/mol. The van der Waals surface area contributed by atoms with Crippen molar-refractivity contribution >= 4 is 12.3 Å². The molecule has 3 N–H and O–H groups in total. The molecule has 0 aromatic carbocycles. The molecule has 0 aromatic heterocycles. The number of hydrogen-bond donors (Lipinski definition) is 2. The quantitative estimate of drug-likeness (QED) is 0.613. The molecule has 3 aliphatic rings. The van der Waals surface area contributed by atoms with Gasteiger partial charge < -0.3 is 11.1 Å². The van der Waals surface area contributed by atoms with Crippen LogP contribution in [0.15, 0.2) is 12.2 Å². The molecule has 0 aromatic rings. The Hall–Kier alpha value is -1.32. The Kier molecular flexibility index (Phi) is 4.52. The highest BCUT2D eigenvalue weighted by Gasteiger charge is 2.60. The van der Waals surface area contributed by atoms with E-state index in [0.29, 0.717) is 17.8 Å². The molecule has 3 aliphatic carbocycles. The van der Waals surface area contributed by atoms with Gasteiger partial charge in [0, 0.05) is 17.4 Å². The maximum atomic E-state index is 12.0. The predicted octanol–water partition coefficient (Wildman–Crippen LogP) is 3.02. The first-order valence-corrected chi connectivity index (χ1v) is 9.51. The van der Waals surface area contributed by atoms with Gasteiger partial charge in [-0.1, -0.05) is 26.0 Å². The summed E-state index contributed by atoms with van der Waals surface area (Å²) in [7, 11) is 0. The lowest BCUT2D eigenvalue weighted by Crippen LogP contribution is -2.57. The van der Waals surface area contributed by atoms with E-state index in [-0.39, 0.29) is 28.7 Å².